The van der Waals surface area contributed by atoms with Crippen molar-refractivity contribution in [2.24, 2.45) is 9.98 Å². The Kier molecular flexibility index (Phi) is 37.3. The molecular formula is C56H96N2O4. The van der Waals surface area contributed by atoms with Gasteiger partial charge in [0, 0.05) is 23.6 Å². The van der Waals surface area contributed by atoms with Crippen molar-refractivity contribution in [3.63, 3.8) is 0 Å². The fraction of sp³-hybridized carbons (Fsp3) is 0.750. The lowest BCUT2D eigenvalue weighted by Gasteiger charge is -2.08. The Bertz CT molecular complexity index is 1240. The molecule has 0 amide bonds. The molecule has 62 heavy (non-hydrogen) atoms. The van der Waals surface area contributed by atoms with Crippen molar-refractivity contribution in [2.45, 2.75) is 245 Å². The van der Waals surface area contributed by atoms with Crippen LogP contribution in [0.2, 0.25) is 0 Å². The minimum Gasteiger partial charge on any atom is -0.507 e. The lowest BCUT2D eigenvalue weighted by atomic mass is 10.0. The number of benzene rings is 2. The van der Waals surface area contributed by atoms with Crippen LogP contribution in [0.4, 0.5) is 0 Å². The maximum Gasteiger partial charge on any atom is 0.124 e. The lowest BCUT2D eigenvalue weighted by molar-refractivity contribution is 0.303. The van der Waals surface area contributed by atoms with Gasteiger partial charge in [0.25, 0.3) is 0 Å². The Morgan fingerprint density at radius 2 is 0.597 bits per heavy atom. The number of hydrogen-bond acceptors (Lipinski definition) is 6. The van der Waals surface area contributed by atoms with Gasteiger partial charge in [0.2, 0.25) is 0 Å². The van der Waals surface area contributed by atoms with Crippen LogP contribution in [0, 0.1) is 0 Å². The van der Waals surface area contributed by atoms with Crippen molar-refractivity contribution in [1.29, 1.82) is 0 Å². The summed E-state index contributed by atoms with van der Waals surface area (Å²) in [7, 11) is 0. The number of unbranched alkanes of at least 4 members (excludes halogenated alkanes) is 34. The Balaban J connectivity index is 1.45. The first kappa shape index (κ1) is 55.1. The first-order valence-electron chi connectivity index (χ1n) is 26.5. The number of aliphatic imine (C=N–C) groups is 2. The molecule has 0 saturated carbocycles. The average Bonchev–Trinajstić information content (AvgIpc) is 3.28. The smallest absolute Gasteiger partial charge is 0.124 e. The third-order valence-electron chi connectivity index (χ3n) is 12.4. The van der Waals surface area contributed by atoms with Gasteiger partial charge < -0.3 is 19.7 Å². The zero-order chi connectivity index (χ0) is 44.2. The number of hydrogen-bond donors (Lipinski definition) is 2. The standard InChI is InChI=1S/C56H96N2O4/c1-3-5-7-9-11-13-15-17-19-21-23-25-27-29-31-33-35-37-45-61-53-39-41-55(59)51(47-53)49-57-43-44-58-50-52-48-54(40-42-56(52)60)62-46-38-36-34-32-30-28-26-24-22-20-18-16-14-12-10-8-6-4-2/h39-42,47-50,59-60H,3-38,43-46H2,1-2H3. The highest BCUT2D eigenvalue weighted by Crippen LogP contribution is 2.24. The van der Waals surface area contributed by atoms with E-state index in [0.717, 1.165) is 24.3 Å². The molecule has 0 aliphatic heterocycles. The number of rotatable bonds is 45. The van der Waals surface area contributed by atoms with E-state index in [1.54, 1.807) is 24.6 Å². The molecule has 0 unspecified atom stereocenters. The summed E-state index contributed by atoms with van der Waals surface area (Å²) >= 11 is 0. The monoisotopic (exact) mass is 861 g/mol. The summed E-state index contributed by atoms with van der Waals surface area (Å²) in [5.41, 5.74) is 1.28. The van der Waals surface area contributed by atoms with E-state index in [4.69, 9.17) is 9.47 Å². The van der Waals surface area contributed by atoms with Crippen LogP contribution in [0.15, 0.2) is 46.4 Å². The van der Waals surface area contributed by atoms with E-state index in [0.29, 0.717) is 37.4 Å². The van der Waals surface area contributed by atoms with Gasteiger partial charge in [-0.3, -0.25) is 9.98 Å². The minimum atomic E-state index is 0.185. The highest BCUT2D eigenvalue weighted by Gasteiger charge is 2.04. The molecule has 0 fully saturated rings. The number of aromatic hydroxyl groups is 2. The largest absolute Gasteiger partial charge is 0.507 e. The van der Waals surface area contributed by atoms with Gasteiger partial charge in [-0.05, 0) is 49.2 Å². The van der Waals surface area contributed by atoms with Crippen molar-refractivity contribution >= 4 is 12.4 Å². The summed E-state index contributed by atoms with van der Waals surface area (Å²) in [5.74, 6) is 1.88. The Morgan fingerprint density at radius 3 is 0.855 bits per heavy atom. The molecule has 2 aromatic carbocycles. The first-order valence-corrected chi connectivity index (χ1v) is 26.5. The molecule has 2 aromatic rings. The fourth-order valence-corrected chi connectivity index (χ4v) is 8.28. The number of ether oxygens (including phenoxy) is 2. The van der Waals surface area contributed by atoms with Crippen molar-refractivity contribution in [3.8, 4) is 23.0 Å². The van der Waals surface area contributed by atoms with Crippen LogP contribution < -0.4 is 9.47 Å². The van der Waals surface area contributed by atoms with Crippen LogP contribution in [0.3, 0.4) is 0 Å². The van der Waals surface area contributed by atoms with E-state index in [1.807, 2.05) is 24.3 Å². The molecule has 0 atom stereocenters. The van der Waals surface area contributed by atoms with Crippen LogP contribution >= 0.6 is 0 Å². The zero-order valence-electron chi connectivity index (χ0n) is 40.5. The van der Waals surface area contributed by atoms with Gasteiger partial charge in [-0.15, -0.1) is 0 Å². The van der Waals surface area contributed by atoms with Crippen LogP contribution in [0.25, 0.3) is 0 Å². The predicted octanol–water partition coefficient (Wildman–Crippen LogP) is 17.5. The molecule has 0 spiro atoms. The van der Waals surface area contributed by atoms with E-state index in [2.05, 4.69) is 23.8 Å². The Labute approximate surface area is 382 Å². The Morgan fingerprint density at radius 1 is 0.355 bits per heavy atom. The second kappa shape index (κ2) is 42.0. The van der Waals surface area contributed by atoms with E-state index in [9.17, 15) is 10.2 Å². The highest BCUT2D eigenvalue weighted by molar-refractivity contribution is 5.85. The van der Waals surface area contributed by atoms with E-state index in [1.165, 1.54) is 218 Å². The fourth-order valence-electron chi connectivity index (χ4n) is 8.28. The molecule has 354 valence electrons. The summed E-state index contributed by atoms with van der Waals surface area (Å²) < 4.78 is 12.0. The molecule has 2 rings (SSSR count). The summed E-state index contributed by atoms with van der Waals surface area (Å²) in [4.78, 5) is 8.95. The first-order chi connectivity index (χ1) is 30.6. The van der Waals surface area contributed by atoms with Crippen molar-refractivity contribution in [3.05, 3.63) is 47.5 Å². The second-order valence-corrected chi connectivity index (χ2v) is 18.2. The third-order valence-corrected chi connectivity index (χ3v) is 12.4. The molecule has 0 heterocycles. The van der Waals surface area contributed by atoms with Crippen molar-refractivity contribution in [2.75, 3.05) is 26.3 Å². The van der Waals surface area contributed by atoms with Crippen LogP contribution in [-0.2, 0) is 0 Å². The quantitative estimate of drug-likeness (QED) is 0.0513. The van der Waals surface area contributed by atoms with Crippen LogP contribution in [0.5, 0.6) is 23.0 Å². The second-order valence-electron chi connectivity index (χ2n) is 18.2. The summed E-state index contributed by atoms with van der Waals surface area (Å²) in [6.45, 7) is 6.89. The van der Waals surface area contributed by atoms with Gasteiger partial charge in [-0.1, -0.05) is 232 Å². The van der Waals surface area contributed by atoms with Gasteiger partial charge in [-0.2, -0.15) is 0 Å². The minimum absolute atomic E-state index is 0.185. The summed E-state index contributed by atoms with van der Waals surface area (Å²) in [6.07, 6.45) is 52.6. The third kappa shape index (κ3) is 32.6. The molecule has 6 heteroatoms. The molecule has 0 aliphatic rings. The molecular weight excluding hydrogens is 765 g/mol. The molecule has 0 bridgehead atoms. The summed E-state index contributed by atoms with van der Waals surface area (Å²) in [6, 6.07) is 10.7. The van der Waals surface area contributed by atoms with Crippen molar-refractivity contribution < 1.29 is 19.7 Å². The molecule has 0 radical (unpaired) electrons. The topological polar surface area (TPSA) is 83.6 Å². The molecule has 0 aromatic heterocycles. The average molecular weight is 861 g/mol. The predicted molar refractivity (Wildman–Crippen MR) is 270 cm³/mol. The number of phenolic OH excluding ortho intramolecular Hbond substituents is 2. The maximum atomic E-state index is 10.4. The number of phenols is 2. The molecule has 6 nitrogen and oxygen atoms in total. The highest BCUT2D eigenvalue weighted by atomic mass is 16.5. The van der Waals surface area contributed by atoms with Crippen LogP contribution in [-0.4, -0.2) is 48.9 Å². The number of nitrogens with zero attached hydrogens (tertiary/aromatic N) is 2. The molecule has 0 saturated heterocycles. The Hall–Kier alpha value is -3.02. The van der Waals surface area contributed by atoms with Gasteiger partial charge in [0.15, 0.2) is 0 Å². The van der Waals surface area contributed by atoms with Crippen LogP contribution in [0.1, 0.15) is 256 Å². The zero-order valence-corrected chi connectivity index (χ0v) is 40.5. The molecule has 2 N–H and O–H groups in total. The van der Waals surface area contributed by atoms with E-state index in [-0.39, 0.29) is 11.5 Å². The summed E-state index contributed by atoms with van der Waals surface area (Å²) in [5, 5.41) is 20.7. The van der Waals surface area contributed by atoms with Crippen molar-refractivity contribution in [1.82, 2.24) is 0 Å². The molecule has 0 aliphatic carbocycles. The normalized spacial score (nSPS) is 11.7. The maximum absolute atomic E-state index is 10.4. The van der Waals surface area contributed by atoms with E-state index < -0.39 is 0 Å². The van der Waals surface area contributed by atoms with Gasteiger partial charge in [0.05, 0.1) is 26.3 Å². The van der Waals surface area contributed by atoms with Gasteiger partial charge >= 0.3 is 0 Å². The van der Waals surface area contributed by atoms with Gasteiger partial charge in [0.1, 0.15) is 23.0 Å². The SMILES string of the molecule is CCCCCCCCCCCCCCCCCCCCOc1ccc(O)c(C=NCCN=Cc2cc(OCCCCCCCCCCCCCCCCCCCC)ccc2O)c1. The van der Waals surface area contributed by atoms with E-state index >= 15 is 0 Å². The van der Waals surface area contributed by atoms with Gasteiger partial charge in [-0.25, -0.2) is 0 Å². The lowest BCUT2D eigenvalue weighted by Crippen LogP contribution is -1.98.